The molecule has 0 saturated heterocycles. The summed E-state index contributed by atoms with van der Waals surface area (Å²) in [6.07, 6.45) is 0. The average molecular weight is 590 g/mol. The van der Waals surface area contributed by atoms with Crippen molar-refractivity contribution in [1.29, 1.82) is 0 Å². The molecule has 2 atom stereocenters. The fraction of sp³-hybridized carbons (Fsp3) is 0.200. The fourth-order valence-electron chi connectivity index (χ4n) is 3.95. The molecule has 1 fully saturated rings. The van der Waals surface area contributed by atoms with E-state index in [-0.39, 0.29) is 17.1 Å². The van der Waals surface area contributed by atoms with Crippen molar-refractivity contribution in [3.8, 4) is 0 Å². The number of benzene rings is 3. The van der Waals surface area contributed by atoms with E-state index in [1.165, 1.54) is 18.2 Å². The van der Waals surface area contributed by atoms with E-state index in [9.17, 15) is 14.0 Å². The van der Waals surface area contributed by atoms with E-state index in [1.54, 1.807) is 36.4 Å². The molecule has 2 amide bonds. The Morgan fingerprint density at radius 2 is 1.67 bits per heavy atom. The number of carbonyl (C=O) groups excluding carboxylic acids is 2. The minimum atomic E-state index is -1.35. The fourth-order valence-corrected chi connectivity index (χ4v) is 5.52. The van der Waals surface area contributed by atoms with Crippen molar-refractivity contribution in [1.82, 2.24) is 10.9 Å². The highest BCUT2D eigenvalue weighted by Gasteiger charge is 2.67. The van der Waals surface area contributed by atoms with Gasteiger partial charge in [0.25, 0.3) is 5.91 Å². The molecule has 0 heterocycles. The number of hydrazine groups is 1. The van der Waals surface area contributed by atoms with Gasteiger partial charge in [0.05, 0.1) is 16.5 Å². The Hall–Kier alpha value is -2.06. The molecule has 0 aliphatic heterocycles. The lowest BCUT2D eigenvalue weighted by molar-refractivity contribution is -0.117. The van der Waals surface area contributed by atoms with Gasteiger partial charge < -0.3 is 5.32 Å². The van der Waals surface area contributed by atoms with Crippen molar-refractivity contribution in [2.75, 3.05) is 5.32 Å². The van der Waals surface area contributed by atoms with Crippen LogP contribution >= 0.6 is 58.0 Å². The third-order valence-corrected chi connectivity index (χ3v) is 7.45. The Morgan fingerprint density at radius 1 is 0.972 bits per heavy atom. The molecule has 0 spiro atoms. The normalized spacial score (nSPS) is 18.0. The van der Waals surface area contributed by atoms with Gasteiger partial charge in [0, 0.05) is 33.8 Å². The second-order valence-electron chi connectivity index (χ2n) is 8.42. The summed E-state index contributed by atoms with van der Waals surface area (Å²) in [5.41, 5.74) is 7.52. The predicted octanol–water partition coefficient (Wildman–Crippen LogP) is 7.05. The maximum Gasteiger partial charge on any atom is 0.266 e. The van der Waals surface area contributed by atoms with Gasteiger partial charge in [-0.05, 0) is 55.0 Å². The van der Waals surface area contributed by atoms with Crippen molar-refractivity contribution in [3.05, 3.63) is 97.7 Å². The number of halogens is 6. The molecule has 3 aromatic carbocycles. The third kappa shape index (κ3) is 5.91. The molecule has 4 rings (SSSR count). The highest BCUT2D eigenvalue weighted by Crippen LogP contribution is 2.65. The zero-order chi connectivity index (χ0) is 26.2. The van der Waals surface area contributed by atoms with Crippen molar-refractivity contribution < 1.29 is 14.0 Å². The minimum absolute atomic E-state index is 0.0669. The van der Waals surface area contributed by atoms with Gasteiger partial charge in [0.1, 0.15) is 10.2 Å². The number of rotatable bonds is 7. The third-order valence-electron chi connectivity index (χ3n) is 5.74. The lowest BCUT2D eigenvalue weighted by Gasteiger charge is -2.12. The van der Waals surface area contributed by atoms with E-state index in [0.717, 1.165) is 5.56 Å². The molecule has 1 saturated carbocycles. The molecule has 0 aromatic heterocycles. The summed E-state index contributed by atoms with van der Waals surface area (Å²) in [5.74, 6) is -2.68. The zero-order valence-corrected chi connectivity index (χ0v) is 22.4. The maximum atomic E-state index is 13.9. The first kappa shape index (κ1) is 27.0. The van der Waals surface area contributed by atoms with Crippen LogP contribution in [0.1, 0.15) is 33.0 Å². The first-order valence-corrected chi connectivity index (χ1v) is 12.6. The Kier molecular flexibility index (Phi) is 8.05. The molecule has 188 valence electrons. The summed E-state index contributed by atoms with van der Waals surface area (Å²) in [6, 6.07) is 14.0. The Labute approximate surface area is 232 Å². The van der Waals surface area contributed by atoms with Crippen LogP contribution in [0.4, 0.5) is 10.1 Å². The quantitative estimate of drug-likeness (QED) is 0.204. The van der Waals surface area contributed by atoms with E-state index < -0.39 is 33.8 Å². The smallest absolute Gasteiger partial charge is 0.266 e. The molecule has 0 radical (unpaired) electrons. The SMILES string of the molecule is Cc1ccc(F)c(CNNC(=O)c2cc(NC(=O)C3C(c4cc(Cl)cc(Cl)c4)C3(Cl)Cl)ccc2Cl)c1. The van der Waals surface area contributed by atoms with Crippen molar-refractivity contribution >= 4 is 75.5 Å². The lowest BCUT2D eigenvalue weighted by atomic mass is 10.1. The van der Waals surface area contributed by atoms with Gasteiger partial charge in [0.2, 0.25) is 5.91 Å². The molecule has 0 bridgehead atoms. The topological polar surface area (TPSA) is 70.2 Å². The molecule has 3 aromatic rings. The van der Waals surface area contributed by atoms with Crippen LogP contribution in [0, 0.1) is 18.7 Å². The number of hydrogen-bond donors (Lipinski definition) is 3. The number of alkyl halides is 2. The summed E-state index contributed by atoms with van der Waals surface area (Å²) in [7, 11) is 0. The van der Waals surface area contributed by atoms with Crippen LogP contribution < -0.4 is 16.2 Å². The average Bonchev–Trinajstić information content (AvgIpc) is 3.38. The summed E-state index contributed by atoms with van der Waals surface area (Å²) in [5, 5.41) is 3.69. The Bertz CT molecular complexity index is 1330. The van der Waals surface area contributed by atoms with E-state index in [0.29, 0.717) is 26.9 Å². The van der Waals surface area contributed by atoms with Gasteiger partial charge in [-0.15, -0.1) is 23.2 Å². The number of aryl methyl sites for hydroxylation is 1. The van der Waals surface area contributed by atoms with Gasteiger partial charge in [-0.1, -0.05) is 52.5 Å². The van der Waals surface area contributed by atoms with Crippen LogP contribution in [0.2, 0.25) is 15.1 Å². The Morgan fingerprint density at radius 3 is 2.36 bits per heavy atom. The summed E-state index contributed by atoms with van der Waals surface area (Å²) < 4.78 is 12.6. The summed E-state index contributed by atoms with van der Waals surface area (Å²) >= 11 is 31.2. The number of amides is 2. The van der Waals surface area contributed by atoms with Crippen molar-refractivity contribution in [2.45, 2.75) is 23.7 Å². The molecule has 5 nitrogen and oxygen atoms in total. The predicted molar refractivity (Wildman–Crippen MR) is 143 cm³/mol. The number of anilines is 1. The van der Waals surface area contributed by atoms with Crippen LogP contribution in [0.15, 0.2) is 54.6 Å². The number of carbonyl (C=O) groups is 2. The van der Waals surface area contributed by atoms with E-state index in [1.807, 2.05) is 6.92 Å². The molecular weight excluding hydrogens is 571 g/mol. The van der Waals surface area contributed by atoms with Gasteiger partial charge >= 0.3 is 0 Å². The standard InChI is InChI=1S/C25H19Cl5FN3O2/c1-12-2-5-20(31)14(6-12)11-32-34-23(35)18-10-17(3-4-19(18)28)33-24(36)22-21(25(22,29)30)13-7-15(26)9-16(27)8-13/h2-10,21-22,32H,11H2,1H3,(H,33,36)(H,34,35). The second kappa shape index (κ2) is 10.7. The van der Waals surface area contributed by atoms with E-state index in [4.69, 9.17) is 58.0 Å². The van der Waals surface area contributed by atoms with Crippen LogP contribution in [0.5, 0.6) is 0 Å². The maximum absolute atomic E-state index is 13.9. The number of nitrogens with one attached hydrogen (secondary N) is 3. The number of hydrogen-bond acceptors (Lipinski definition) is 3. The van der Waals surface area contributed by atoms with Gasteiger partial charge in [0.15, 0.2) is 0 Å². The largest absolute Gasteiger partial charge is 0.326 e. The van der Waals surface area contributed by atoms with Gasteiger partial charge in [-0.25, -0.2) is 9.82 Å². The highest BCUT2D eigenvalue weighted by atomic mass is 35.5. The highest BCUT2D eigenvalue weighted by molar-refractivity contribution is 6.53. The molecular formula is C25H19Cl5FN3O2. The first-order valence-electron chi connectivity index (χ1n) is 10.7. The molecule has 3 N–H and O–H groups in total. The molecule has 2 unspecified atom stereocenters. The van der Waals surface area contributed by atoms with Crippen molar-refractivity contribution in [2.24, 2.45) is 5.92 Å². The van der Waals surface area contributed by atoms with E-state index >= 15 is 0 Å². The van der Waals surface area contributed by atoms with Crippen LogP contribution in [0.3, 0.4) is 0 Å². The first-order chi connectivity index (χ1) is 17.0. The second-order valence-corrected chi connectivity index (χ2v) is 11.1. The zero-order valence-electron chi connectivity index (χ0n) is 18.6. The van der Waals surface area contributed by atoms with Crippen molar-refractivity contribution in [3.63, 3.8) is 0 Å². The molecule has 1 aliphatic rings. The summed E-state index contributed by atoms with van der Waals surface area (Å²) in [4.78, 5) is 25.6. The molecule has 1 aliphatic carbocycles. The molecule has 36 heavy (non-hydrogen) atoms. The van der Waals surface area contributed by atoms with Crippen LogP contribution in [-0.2, 0) is 11.3 Å². The van der Waals surface area contributed by atoms with Gasteiger partial charge in [-0.3, -0.25) is 15.0 Å². The summed E-state index contributed by atoms with van der Waals surface area (Å²) in [6.45, 7) is 1.91. The van der Waals surface area contributed by atoms with E-state index in [2.05, 4.69) is 16.2 Å². The monoisotopic (exact) mass is 587 g/mol. The van der Waals surface area contributed by atoms with Gasteiger partial charge in [-0.2, -0.15) is 0 Å². The van der Waals surface area contributed by atoms with Crippen LogP contribution in [0.25, 0.3) is 0 Å². The molecule has 11 heteroatoms. The lowest BCUT2D eigenvalue weighted by Crippen LogP contribution is -2.37. The van der Waals surface area contributed by atoms with Crippen LogP contribution in [-0.4, -0.2) is 16.1 Å². The Balaban J connectivity index is 1.42. The minimum Gasteiger partial charge on any atom is -0.326 e.